The van der Waals surface area contributed by atoms with Crippen LogP contribution in [0.1, 0.15) is 42.1 Å². The second kappa shape index (κ2) is 10.6. The van der Waals surface area contributed by atoms with E-state index >= 15 is 0 Å². The fraction of sp³-hybridized carbons (Fsp3) is 0.286. The van der Waals surface area contributed by atoms with Gasteiger partial charge in [-0.05, 0) is 70.9 Å². The van der Waals surface area contributed by atoms with Crippen LogP contribution in [0.4, 0.5) is 0 Å². The van der Waals surface area contributed by atoms with Crippen LogP contribution in [0, 0.1) is 0 Å². The molecule has 0 saturated heterocycles. The zero-order valence-electron chi connectivity index (χ0n) is 21.7. The number of benzene rings is 2. The molecule has 6 rings (SSSR count). The molecule has 0 amide bonds. The molecular formula is C28H28N6O5. The lowest BCUT2D eigenvalue weighted by molar-refractivity contribution is 0.160. The summed E-state index contributed by atoms with van der Waals surface area (Å²) in [5.41, 5.74) is 2.25. The zero-order chi connectivity index (χ0) is 26.8. The first kappa shape index (κ1) is 24.7. The third kappa shape index (κ3) is 5.08. The highest BCUT2D eigenvalue weighted by molar-refractivity contribution is 5.80. The number of nitrogens with zero attached hydrogens (tertiary/aromatic N) is 5. The maximum Gasteiger partial charge on any atom is 0.252 e. The van der Waals surface area contributed by atoms with E-state index in [4.69, 9.17) is 18.6 Å². The fourth-order valence-corrected chi connectivity index (χ4v) is 4.96. The summed E-state index contributed by atoms with van der Waals surface area (Å²) in [7, 11) is 1.62. The van der Waals surface area contributed by atoms with Gasteiger partial charge in [0.1, 0.15) is 18.1 Å². The molecule has 0 bridgehead atoms. The third-order valence-electron chi connectivity index (χ3n) is 6.90. The highest BCUT2D eigenvalue weighted by Gasteiger charge is 2.27. The van der Waals surface area contributed by atoms with Crippen LogP contribution < -0.4 is 19.8 Å². The summed E-state index contributed by atoms with van der Waals surface area (Å²) in [4.78, 5) is 18.4. The molecule has 1 aliphatic rings. The van der Waals surface area contributed by atoms with Gasteiger partial charge in [0, 0.05) is 29.6 Å². The van der Waals surface area contributed by atoms with Crippen molar-refractivity contribution in [3.8, 4) is 17.2 Å². The number of furan rings is 1. The van der Waals surface area contributed by atoms with Crippen molar-refractivity contribution in [3.05, 3.63) is 93.9 Å². The van der Waals surface area contributed by atoms with Gasteiger partial charge in [-0.15, -0.1) is 5.10 Å². The van der Waals surface area contributed by atoms with Gasteiger partial charge in [-0.25, -0.2) is 4.68 Å². The molecule has 0 spiro atoms. The number of rotatable bonds is 10. The summed E-state index contributed by atoms with van der Waals surface area (Å²) in [6.45, 7) is 3.58. The van der Waals surface area contributed by atoms with Crippen LogP contribution in [0.2, 0.25) is 0 Å². The molecule has 0 unspecified atom stereocenters. The minimum Gasteiger partial charge on any atom is -0.497 e. The van der Waals surface area contributed by atoms with Crippen LogP contribution >= 0.6 is 0 Å². The summed E-state index contributed by atoms with van der Waals surface area (Å²) < 4.78 is 23.8. The third-order valence-corrected chi connectivity index (χ3v) is 6.90. The molecule has 0 fully saturated rings. The average molecular weight is 529 g/mol. The van der Waals surface area contributed by atoms with Crippen molar-refractivity contribution in [2.24, 2.45) is 0 Å². The second-order valence-electron chi connectivity index (χ2n) is 9.37. The summed E-state index contributed by atoms with van der Waals surface area (Å²) in [6, 6.07) is 16.9. The molecule has 0 saturated carbocycles. The summed E-state index contributed by atoms with van der Waals surface area (Å²) in [5, 5.41) is 13.5. The smallest absolute Gasteiger partial charge is 0.252 e. The van der Waals surface area contributed by atoms with Crippen molar-refractivity contribution in [1.29, 1.82) is 0 Å². The van der Waals surface area contributed by atoms with Crippen molar-refractivity contribution in [1.82, 2.24) is 30.1 Å². The highest BCUT2D eigenvalue weighted by Crippen LogP contribution is 2.34. The van der Waals surface area contributed by atoms with Crippen molar-refractivity contribution in [2.45, 2.75) is 39.0 Å². The molecule has 1 N–H and O–H groups in total. The normalized spacial score (nSPS) is 13.3. The number of fused-ring (bicyclic) bond motifs is 2. The van der Waals surface area contributed by atoms with E-state index < -0.39 is 0 Å². The lowest BCUT2D eigenvalue weighted by Crippen LogP contribution is -2.32. The Kier molecular flexibility index (Phi) is 6.72. The Morgan fingerprint density at radius 3 is 2.82 bits per heavy atom. The summed E-state index contributed by atoms with van der Waals surface area (Å²) in [5.74, 6) is 3.59. The molecular weight excluding hydrogens is 500 g/mol. The van der Waals surface area contributed by atoms with Crippen LogP contribution in [0.25, 0.3) is 10.9 Å². The average Bonchev–Trinajstić information content (AvgIpc) is 3.72. The predicted octanol–water partition coefficient (Wildman–Crippen LogP) is 4.05. The maximum atomic E-state index is 13.2. The van der Waals surface area contributed by atoms with Crippen LogP contribution in [-0.2, 0) is 19.6 Å². The first-order chi connectivity index (χ1) is 19.1. The number of nitrogens with one attached hydrogen (secondary N) is 1. The van der Waals surface area contributed by atoms with Gasteiger partial charge in [-0.1, -0.05) is 13.0 Å². The Bertz CT molecular complexity index is 1640. The Morgan fingerprint density at radius 2 is 2.00 bits per heavy atom. The quantitative estimate of drug-likeness (QED) is 0.286. The molecule has 3 aromatic heterocycles. The Morgan fingerprint density at radius 1 is 1.10 bits per heavy atom. The van der Waals surface area contributed by atoms with Gasteiger partial charge in [0.05, 0.1) is 19.4 Å². The van der Waals surface area contributed by atoms with Gasteiger partial charge >= 0.3 is 0 Å². The van der Waals surface area contributed by atoms with Crippen molar-refractivity contribution in [2.75, 3.05) is 13.9 Å². The van der Waals surface area contributed by atoms with Gasteiger partial charge in [-0.3, -0.25) is 9.69 Å². The summed E-state index contributed by atoms with van der Waals surface area (Å²) >= 11 is 0. The molecule has 39 heavy (non-hydrogen) atoms. The van der Waals surface area contributed by atoms with Gasteiger partial charge in [0.15, 0.2) is 17.3 Å². The number of pyridine rings is 1. The highest BCUT2D eigenvalue weighted by atomic mass is 16.7. The topological polar surface area (TPSA) is 121 Å². The zero-order valence-corrected chi connectivity index (χ0v) is 21.7. The number of H-pyrrole nitrogens is 1. The lowest BCUT2D eigenvalue weighted by Gasteiger charge is -2.30. The number of methoxy groups -OCH3 is 1. The van der Waals surface area contributed by atoms with E-state index in [1.807, 2.05) is 54.6 Å². The first-order valence-corrected chi connectivity index (χ1v) is 12.7. The Balaban J connectivity index is 1.38. The number of tetrazole rings is 1. The van der Waals surface area contributed by atoms with Crippen LogP contribution in [0.3, 0.4) is 0 Å². The van der Waals surface area contributed by atoms with E-state index in [0.717, 1.165) is 33.7 Å². The van der Waals surface area contributed by atoms with E-state index in [2.05, 4.69) is 32.3 Å². The van der Waals surface area contributed by atoms with Gasteiger partial charge in [0.25, 0.3) is 5.56 Å². The van der Waals surface area contributed by atoms with Crippen LogP contribution in [-0.4, -0.2) is 44.0 Å². The van der Waals surface area contributed by atoms with Crippen LogP contribution in [0.15, 0.2) is 70.1 Å². The SMILES string of the molecule is CC[C@@H](c1nnnn1Cc1ccco1)N(Cc1ccc2c(c1)OCO2)Cc1cc2cc(OC)ccc2[nH]c1=O. The second-order valence-corrected chi connectivity index (χ2v) is 9.37. The molecule has 0 aliphatic carbocycles. The molecule has 1 atom stereocenters. The maximum absolute atomic E-state index is 13.2. The molecule has 4 heterocycles. The predicted molar refractivity (Wildman–Crippen MR) is 142 cm³/mol. The molecule has 11 nitrogen and oxygen atoms in total. The largest absolute Gasteiger partial charge is 0.497 e. The van der Waals surface area contributed by atoms with Gasteiger partial charge in [0.2, 0.25) is 6.79 Å². The number of hydrogen-bond donors (Lipinski definition) is 1. The number of aromatic amines is 1. The minimum atomic E-state index is -0.194. The van der Waals surface area contributed by atoms with Gasteiger partial charge in [-0.2, -0.15) is 0 Å². The number of hydrogen-bond acceptors (Lipinski definition) is 9. The van der Waals surface area contributed by atoms with E-state index in [1.165, 1.54) is 0 Å². The minimum absolute atomic E-state index is 0.145. The molecule has 2 aromatic carbocycles. The number of aromatic nitrogens is 5. The van der Waals surface area contributed by atoms with Crippen molar-refractivity contribution >= 4 is 10.9 Å². The molecule has 1 aliphatic heterocycles. The standard InChI is InChI=1S/C28H28N6O5/c1-3-24(27-30-31-32-34(27)16-22-5-4-10-37-22)33(14-18-6-9-25-26(11-18)39-17-38-25)15-20-12-19-13-21(36-2)7-8-23(19)29-28(20)35/h4-13,24H,3,14-17H2,1-2H3,(H,29,35)/t24-/m0/s1. The lowest BCUT2D eigenvalue weighted by atomic mass is 10.1. The molecule has 200 valence electrons. The molecule has 5 aromatic rings. The Labute approximate surface area is 223 Å². The summed E-state index contributed by atoms with van der Waals surface area (Å²) in [6.07, 6.45) is 2.34. The molecule has 0 radical (unpaired) electrons. The van der Waals surface area contributed by atoms with Crippen molar-refractivity contribution < 1.29 is 18.6 Å². The van der Waals surface area contributed by atoms with Crippen LogP contribution in [0.5, 0.6) is 17.2 Å². The van der Waals surface area contributed by atoms with E-state index in [-0.39, 0.29) is 18.4 Å². The monoisotopic (exact) mass is 528 g/mol. The Hall–Kier alpha value is -4.64. The number of ether oxygens (including phenoxy) is 3. The van der Waals surface area contributed by atoms with E-state index in [0.29, 0.717) is 43.2 Å². The van der Waals surface area contributed by atoms with E-state index in [1.54, 1.807) is 18.1 Å². The van der Waals surface area contributed by atoms with E-state index in [9.17, 15) is 4.79 Å². The van der Waals surface area contributed by atoms with Gasteiger partial charge < -0.3 is 23.6 Å². The molecule has 11 heteroatoms. The first-order valence-electron chi connectivity index (χ1n) is 12.7. The fourth-order valence-electron chi connectivity index (χ4n) is 4.96. The van der Waals surface area contributed by atoms with Crippen molar-refractivity contribution in [3.63, 3.8) is 0 Å².